The third-order valence-corrected chi connectivity index (χ3v) is 6.15. The molecule has 1 atom stereocenters. The second kappa shape index (κ2) is 9.70. The van der Waals surface area contributed by atoms with E-state index in [0.717, 1.165) is 16.3 Å². The Morgan fingerprint density at radius 1 is 0.697 bits per heavy atom. The Hall–Kier alpha value is -3.92. The van der Waals surface area contributed by atoms with Gasteiger partial charge in [-0.05, 0) is 59.9 Å². The van der Waals surface area contributed by atoms with Crippen LogP contribution in [0.15, 0.2) is 103 Å². The number of esters is 2. The van der Waals surface area contributed by atoms with Gasteiger partial charge in [-0.25, -0.2) is 0 Å². The molecule has 0 aromatic heterocycles. The van der Waals surface area contributed by atoms with Gasteiger partial charge in [-0.1, -0.05) is 85.8 Å². The number of para-hydroxylation sites is 2. The van der Waals surface area contributed by atoms with Gasteiger partial charge in [0.15, 0.2) is 5.41 Å². The highest BCUT2D eigenvalue weighted by atomic mass is 16.6. The van der Waals surface area contributed by atoms with E-state index < -0.39 is 23.3 Å². The van der Waals surface area contributed by atoms with Crippen LogP contribution in [-0.4, -0.2) is 11.9 Å². The van der Waals surface area contributed by atoms with Gasteiger partial charge in [0.1, 0.15) is 11.5 Å². The van der Waals surface area contributed by atoms with Crippen molar-refractivity contribution in [2.24, 2.45) is 11.3 Å². The third-order valence-electron chi connectivity index (χ3n) is 6.15. The summed E-state index contributed by atoms with van der Waals surface area (Å²) in [6.45, 7) is 3.50. The van der Waals surface area contributed by atoms with E-state index in [1.54, 1.807) is 55.5 Å². The summed E-state index contributed by atoms with van der Waals surface area (Å²) in [4.78, 5) is 26.9. The van der Waals surface area contributed by atoms with Crippen molar-refractivity contribution in [2.45, 2.75) is 20.3 Å². The lowest BCUT2D eigenvalue weighted by Crippen LogP contribution is -2.47. The molecule has 0 saturated heterocycles. The summed E-state index contributed by atoms with van der Waals surface area (Å²) in [6, 6.07) is 31.7. The van der Waals surface area contributed by atoms with Crippen molar-refractivity contribution >= 4 is 22.7 Å². The van der Waals surface area contributed by atoms with Gasteiger partial charge in [-0.15, -0.1) is 0 Å². The first kappa shape index (κ1) is 22.3. The van der Waals surface area contributed by atoms with E-state index in [1.807, 2.05) is 43.3 Å². The Balaban J connectivity index is 1.67. The summed E-state index contributed by atoms with van der Waals surface area (Å²) < 4.78 is 11.3. The van der Waals surface area contributed by atoms with Crippen LogP contribution in [-0.2, 0) is 16.0 Å². The quantitative estimate of drug-likeness (QED) is 0.195. The van der Waals surface area contributed by atoms with Gasteiger partial charge in [0.05, 0.1) is 0 Å². The van der Waals surface area contributed by atoms with Crippen molar-refractivity contribution in [1.29, 1.82) is 0 Å². The molecule has 0 aliphatic carbocycles. The molecular weight excluding hydrogens is 412 g/mol. The lowest BCUT2D eigenvalue weighted by molar-refractivity contribution is -0.163. The minimum atomic E-state index is -1.53. The molecule has 0 unspecified atom stereocenters. The number of ether oxygens (including phenoxy) is 2. The van der Waals surface area contributed by atoms with E-state index in [2.05, 4.69) is 18.2 Å². The maximum absolute atomic E-state index is 13.4. The molecular formula is C29H26O4. The second-order valence-electron chi connectivity index (χ2n) is 8.35. The molecule has 4 aromatic carbocycles. The van der Waals surface area contributed by atoms with E-state index in [0.29, 0.717) is 17.9 Å². The molecule has 4 nitrogen and oxygen atoms in total. The lowest BCUT2D eigenvalue weighted by atomic mass is 9.74. The lowest BCUT2D eigenvalue weighted by Gasteiger charge is -2.31. The number of carbonyl (C=O) groups excluding carboxylic acids is 2. The molecule has 0 spiro atoms. The maximum atomic E-state index is 13.4. The van der Waals surface area contributed by atoms with Crippen molar-refractivity contribution in [3.05, 3.63) is 109 Å². The van der Waals surface area contributed by atoms with Crippen molar-refractivity contribution in [3.8, 4) is 11.5 Å². The number of hydrogen-bond donors (Lipinski definition) is 0. The number of carbonyl (C=O) groups is 2. The van der Waals surface area contributed by atoms with E-state index in [-0.39, 0.29) is 0 Å². The Morgan fingerprint density at radius 3 is 1.76 bits per heavy atom. The van der Waals surface area contributed by atoms with Crippen LogP contribution in [0.5, 0.6) is 11.5 Å². The minimum absolute atomic E-state index is 0.388. The summed E-state index contributed by atoms with van der Waals surface area (Å²) in [5.74, 6) is -0.891. The Bertz CT molecular complexity index is 1190. The molecule has 0 heterocycles. The predicted octanol–water partition coefficient (Wildman–Crippen LogP) is 6.24. The Labute approximate surface area is 193 Å². The van der Waals surface area contributed by atoms with Crippen molar-refractivity contribution in [2.75, 3.05) is 0 Å². The fourth-order valence-corrected chi connectivity index (χ4v) is 3.89. The molecule has 0 radical (unpaired) electrons. The number of rotatable bonds is 7. The number of fused-ring (bicyclic) bond motifs is 1. The summed E-state index contributed by atoms with van der Waals surface area (Å²) in [6.07, 6.45) is 0.506. The first-order chi connectivity index (χ1) is 16.0. The summed E-state index contributed by atoms with van der Waals surface area (Å²) in [5.41, 5.74) is -0.463. The molecule has 4 aromatic rings. The van der Waals surface area contributed by atoms with Crippen LogP contribution in [0.2, 0.25) is 0 Å². The first-order valence-corrected chi connectivity index (χ1v) is 11.0. The highest BCUT2D eigenvalue weighted by Crippen LogP contribution is 2.36. The maximum Gasteiger partial charge on any atom is 0.328 e. The zero-order valence-corrected chi connectivity index (χ0v) is 18.7. The van der Waals surface area contributed by atoms with Crippen LogP contribution < -0.4 is 9.47 Å². The second-order valence-corrected chi connectivity index (χ2v) is 8.35. The molecule has 4 rings (SSSR count). The van der Waals surface area contributed by atoms with Crippen LogP contribution in [0, 0.1) is 11.3 Å². The highest BCUT2D eigenvalue weighted by Gasteiger charge is 2.49. The van der Waals surface area contributed by atoms with Gasteiger partial charge in [0.2, 0.25) is 0 Å². The molecule has 166 valence electrons. The molecule has 0 bridgehead atoms. The largest absolute Gasteiger partial charge is 0.426 e. The molecule has 0 aliphatic heterocycles. The summed E-state index contributed by atoms with van der Waals surface area (Å²) >= 11 is 0. The SMILES string of the molecule is C[C@@H](Cc1cccc2ccccc12)C(C)(C(=O)Oc1ccccc1)C(=O)Oc1ccccc1. The van der Waals surface area contributed by atoms with E-state index in [9.17, 15) is 9.59 Å². The molecule has 0 amide bonds. The van der Waals surface area contributed by atoms with Crippen LogP contribution in [0.25, 0.3) is 10.8 Å². The number of hydrogen-bond acceptors (Lipinski definition) is 4. The third kappa shape index (κ3) is 4.80. The minimum Gasteiger partial charge on any atom is -0.426 e. The van der Waals surface area contributed by atoms with Gasteiger partial charge < -0.3 is 9.47 Å². The van der Waals surface area contributed by atoms with Crippen molar-refractivity contribution in [3.63, 3.8) is 0 Å². The van der Waals surface area contributed by atoms with Gasteiger partial charge in [0.25, 0.3) is 0 Å². The zero-order chi connectivity index (χ0) is 23.3. The number of benzene rings is 4. The zero-order valence-electron chi connectivity index (χ0n) is 18.7. The van der Waals surface area contributed by atoms with E-state index in [4.69, 9.17) is 9.47 Å². The van der Waals surface area contributed by atoms with Crippen LogP contribution in [0.1, 0.15) is 19.4 Å². The standard InChI is InChI=1S/C29H26O4/c1-21(20-23-14-11-13-22-12-9-10-19-26(22)23)29(2,27(30)32-24-15-5-3-6-16-24)28(31)33-25-17-7-4-8-18-25/h3-19,21H,20H2,1-2H3/t21-/m0/s1. The normalized spacial score (nSPS) is 12.2. The van der Waals surface area contributed by atoms with Crippen LogP contribution in [0.4, 0.5) is 0 Å². The van der Waals surface area contributed by atoms with Gasteiger partial charge in [-0.3, -0.25) is 9.59 Å². The fraction of sp³-hybridized carbons (Fsp3) is 0.172. The monoisotopic (exact) mass is 438 g/mol. The molecule has 0 aliphatic rings. The van der Waals surface area contributed by atoms with Gasteiger partial charge >= 0.3 is 11.9 Å². The fourth-order valence-electron chi connectivity index (χ4n) is 3.89. The molecule has 0 saturated carbocycles. The molecule has 33 heavy (non-hydrogen) atoms. The average Bonchev–Trinajstić information content (AvgIpc) is 2.85. The Morgan fingerprint density at radius 2 is 1.18 bits per heavy atom. The molecule has 0 fully saturated rings. The Kier molecular flexibility index (Phi) is 6.55. The summed E-state index contributed by atoms with van der Waals surface area (Å²) in [5, 5.41) is 2.21. The predicted molar refractivity (Wildman–Crippen MR) is 129 cm³/mol. The first-order valence-electron chi connectivity index (χ1n) is 11.0. The van der Waals surface area contributed by atoms with Gasteiger partial charge in [-0.2, -0.15) is 0 Å². The van der Waals surface area contributed by atoms with Crippen LogP contribution >= 0.6 is 0 Å². The van der Waals surface area contributed by atoms with Crippen molar-refractivity contribution < 1.29 is 19.1 Å². The van der Waals surface area contributed by atoms with Crippen molar-refractivity contribution in [1.82, 2.24) is 0 Å². The molecule has 0 N–H and O–H groups in total. The topological polar surface area (TPSA) is 52.6 Å². The summed E-state index contributed by atoms with van der Waals surface area (Å²) in [7, 11) is 0. The van der Waals surface area contributed by atoms with E-state index >= 15 is 0 Å². The smallest absolute Gasteiger partial charge is 0.328 e. The highest BCUT2D eigenvalue weighted by molar-refractivity contribution is 6.01. The van der Waals surface area contributed by atoms with Gasteiger partial charge in [0, 0.05) is 0 Å². The molecule has 4 heteroatoms. The van der Waals surface area contributed by atoms with E-state index in [1.165, 1.54) is 0 Å². The van der Waals surface area contributed by atoms with Crippen LogP contribution in [0.3, 0.4) is 0 Å². The average molecular weight is 439 g/mol.